The predicted molar refractivity (Wildman–Crippen MR) is 108 cm³/mol. The molecule has 0 aliphatic carbocycles. The van der Waals surface area contributed by atoms with Gasteiger partial charge in [-0.3, -0.25) is 9.59 Å². The molecule has 1 atom stereocenters. The van der Waals surface area contributed by atoms with Gasteiger partial charge in [-0.25, -0.2) is 4.79 Å². The van der Waals surface area contributed by atoms with Crippen molar-refractivity contribution >= 4 is 17.6 Å². The fourth-order valence-corrected chi connectivity index (χ4v) is 2.67. The van der Waals surface area contributed by atoms with Crippen LogP contribution in [-0.4, -0.2) is 34.9 Å². The monoisotopic (exact) mass is 411 g/mol. The first-order valence-electron chi connectivity index (χ1n) is 9.15. The molecule has 1 aromatic heterocycles. The number of benzene rings is 2. The molecule has 0 aliphatic heterocycles. The molecule has 0 fully saturated rings. The quantitative estimate of drug-likeness (QED) is 0.594. The Morgan fingerprint density at radius 1 is 1.20 bits per heavy atom. The average Bonchev–Trinajstić information content (AvgIpc) is 3.09. The second kappa shape index (κ2) is 9.08. The van der Waals surface area contributed by atoms with Gasteiger partial charge in [0.05, 0.1) is 12.8 Å². The summed E-state index contributed by atoms with van der Waals surface area (Å²) < 4.78 is 16.3. The minimum Gasteiger partial charge on any atom is -0.495 e. The number of esters is 1. The third-order valence-electron chi connectivity index (χ3n) is 4.20. The van der Waals surface area contributed by atoms with E-state index in [0.717, 1.165) is 10.2 Å². The molecule has 1 N–H and O–H groups in total. The van der Waals surface area contributed by atoms with Crippen LogP contribution in [0, 0.1) is 6.92 Å². The molecule has 9 heteroatoms. The molecule has 0 spiro atoms. The highest BCUT2D eigenvalue weighted by Gasteiger charge is 2.21. The zero-order chi connectivity index (χ0) is 21.7. The summed E-state index contributed by atoms with van der Waals surface area (Å²) in [7, 11) is 1.49. The number of aromatic nitrogens is 2. The Morgan fingerprint density at radius 3 is 2.63 bits per heavy atom. The molecule has 0 radical (unpaired) electrons. The molecular formula is C21H21N3O6. The SMILES string of the molecule is COc1ccc(C)cc1NC(=O)[C@H](C)OC(=O)Cn1nc(-c2ccccc2)oc1=O. The minimum atomic E-state index is -1.10. The number of carbonyl (C=O) groups is 2. The number of rotatable bonds is 7. The zero-order valence-electron chi connectivity index (χ0n) is 16.7. The van der Waals surface area contributed by atoms with Crippen LogP contribution in [-0.2, 0) is 20.9 Å². The number of methoxy groups -OCH3 is 1. The number of nitrogens with one attached hydrogen (secondary N) is 1. The molecule has 2 aromatic carbocycles. The number of amides is 1. The smallest absolute Gasteiger partial charge is 0.437 e. The van der Waals surface area contributed by atoms with Crippen LogP contribution in [0.2, 0.25) is 0 Å². The van der Waals surface area contributed by atoms with Gasteiger partial charge in [-0.05, 0) is 43.7 Å². The third-order valence-corrected chi connectivity index (χ3v) is 4.20. The third kappa shape index (κ3) is 4.93. The van der Waals surface area contributed by atoms with Gasteiger partial charge >= 0.3 is 11.7 Å². The highest BCUT2D eigenvalue weighted by atomic mass is 16.5. The fourth-order valence-electron chi connectivity index (χ4n) is 2.67. The number of aryl methyl sites for hydroxylation is 1. The van der Waals surface area contributed by atoms with E-state index in [1.165, 1.54) is 14.0 Å². The van der Waals surface area contributed by atoms with Crippen molar-refractivity contribution in [2.75, 3.05) is 12.4 Å². The van der Waals surface area contributed by atoms with Crippen LogP contribution >= 0.6 is 0 Å². The first-order chi connectivity index (χ1) is 14.4. The highest BCUT2D eigenvalue weighted by molar-refractivity contribution is 5.96. The van der Waals surface area contributed by atoms with Crippen LogP contribution in [0.15, 0.2) is 57.7 Å². The zero-order valence-corrected chi connectivity index (χ0v) is 16.7. The Bertz CT molecular complexity index is 1100. The van der Waals surface area contributed by atoms with Gasteiger partial charge in [0.2, 0.25) is 5.89 Å². The van der Waals surface area contributed by atoms with Gasteiger partial charge in [0, 0.05) is 5.56 Å². The van der Waals surface area contributed by atoms with Crippen molar-refractivity contribution in [2.45, 2.75) is 26.5 Å². The summed E-state index contributed by atoms with van der Waals surface area (Å²) in [6.07, 6.45) is -1.10. The molecule has 1 heterocycles. The van der Waals surface area contributed by atoms with Crippen molar-refractivity contribution in [3.05, 3.63) is 64.6 Å². The Morgan fingerprint density at radius 2 is 1.93 bits per heavy atom. The van der Waals surface area contributed by atoms with E-state index in [9.17, 15) is 14.4 Å². The molecule has 1 amide bonds. The molecule has 0 saturated heterocycles. The maximum absolute atomic E-state index is 12.4. The average molecular weight is 411 g/mol. The maximum Gasteiger partial charge on any atom is 0.437 e. The van der Waals surface area contributed by atoms with E-state index >= 15 is 0 Å². The van der Waals surface area contributed by atoms with Crippen molar-refractivity contribution in [3.8, 4) is 17.2 Å². The molecule has 156 valence electrons. The van der Waals surface area contributed by atoms with E-state index in [-0.39, 0.29) is 5.89 Å². The number of anilines is 1. The largest absolute Gasteiger partial charge is 0.495 e. The number of nitrogens with zero attached hydrogens (tertiary/aromatic N) is 2. The van der Waals surface area contributed by atoms with Crippen molar-refractivity contribution in [1.29, 1.82) is 0 Å². The van der Waals surface area contributed by atoms with Crippen molar-refractivity contribution < 1.29 is 23.5 Å². The van der Waals surface area contributed by atoms with Crippen LogP contribution in [0.3, 0.4) is 0 Å². The number of hydrogen-bond donors (Lipinski definition) is 1. The normalized spacial score (nSPS) is 11.6. The van der Waals surface area contributed by atoms with E-state index < -0.39 is 30.3 Å². The van der Waals surface area contributed by atoms with Gasteiger partial charge in [-0.1, -0.05) is 24.3 Å². The van der Waals surface area contributed by atoms with Gasteiger partial charge in [0.25, 0.3) is 5.91 Å². The van der Waals surface area contributed by atoms with Crippen molar-refractivity contribution in [3.63, 3.8) is 0 Å². The minimum absolute atomic E-state index is 0.0886. The van der Waals surface area contributed by atoms with Gasteiger partial charge in [-0.15, -0.1) is 5.10 Å². The summed E-state index contributed by atoms with van der Waals surface area (Å²) in [5.74, 6) is -1.57. The van der Waals surface area contributed by atoms with E-state index in [2.05, 4.69) is 10.4 Å². The Hall–Kier alpha value is -3.88. The lowest BCUT2D eigenvalue weighted by atomic mass is 10.2. The molecule has 3 rings (SSSR count). The molecule has 0 saturated carbocycles. The van der Waals surface area contributed by atoms with E-state index in [0.29, 0.717) is 17.0 Å². The van der Waals surface area contributed by atoms with Crippen molar-refractivity contribution in [2.24, 2.45) is 0 Å². The van der Waals surface area contributed by atoms with Gasteiger partial charge in [0.1, 0.15) is 12.3 Å². The lowest BCUT2D eigenvalue weighted by Gasteiger charge is -2.15. The first kappa shape index (κ1) is 20.8. The van der Waals surface area contributed by atoms with Gasteiger partial charge in [-0.2, -0.15) is 4.68 Å². The van der Waals surface area contributed by atoms with E-state index in [1.807, 2.05) is 19.1 Å². The Balaban J connectivity index is 1.62. The molecule has 0 unspecified atom stereocenters. The summed E-state index contributed by atoms with van der Waals surface area (Å²) >= 11 is 0. The lowest BCUT2D eigenvalue weighted by Crippen LogP contribution is -2.32. The molecule has 9 nitrogen and oxygen atoms in total. The predicted octanol–water partition coefficient (Wildman–Crippen LogP) is 2.39. The molecule has 0 bridgehead atoms. The Kier molecular flexibility index (Phi) is 6.31. The second-order valence-electron chi connectivity index (χ2n) is 6.52. The number of carbonyl (C=O) groups excluding carboxylic acids is 2. The molecule has 0 aliphatic rings. The Labute approximate surface area is 172 Å². The maximum atomic E-state index is 12.4. The van der Waals surface area contributed by atoms with Crippen LogP contribution in [0.4, 0.5) is 5.69 Å². The lowest BCUT2D eigenvalue weighted by molar-refractivity contribution is -0.154. The summed E-state index contributed by atoms with van der Waals surface area (Å²) in [5.41, 5.74) is 1.99. The van der Waals surface area contributed by atoms with Crippen molar-refractivity contribution in [1.82, 2.24) is 9.78 Å². The standard InChI is InChI=1S/C21H21N3O6/c1-13-9-10-17(28-3)16(11-13)22-19(26)14(2)29-18(25)12-24-21(27)30-20(23-24)15-7-5-4-6-8-15/h4-11,14H,12H2,1-3H3,(H,22,26)/t14-/m0/s1. The van der Waals surface area contributed by atoms with E-state index in [1.54, 1.807) is 36.4 Å². The summed E-state index contributed by atoms with van der Waals surface area (Å²) in [6, 6.07) is 14.1. The van der Waals surface area contributed by atoms with Gasteiger partial charge < -0.3 is 19.2 Å². The van der Waals surface area contributed by atoms with Crippen LogP contribution in [0.1, 0.15) is 12.5 Å². The summed E-state index contributed by atoms with van der Waals surface area (Å²) in [4.78, 5) is 36.5. The fraction of sp³-hybridized carbons (Fsp3) is 0.238. The molecular weight excluding hydrogens is 390 g/mol. The van der Waals surface area contributed by atoms with Crippen LogP contribution in [0.25, 0.3) is 11.5 Å². The number of hydrogen-bond acceptors (Lipinski definition) is 7. The van der Waals surface area contributed by atoms with Crippen LogP contribution < -0.4 is 15.8 Å². The molecule has 3 aromatic rings. The molecule has 30 heavy (non-hydrogen) atoms. The van der Waals surface area contributed by atoms with Gasteiger partial charge in [0.15, 0.2) is 6.10 Å². The first-order valence-corrected chi connectivity index (χ1v) is 9.15. The van der Waals surface area contributed by atoms with E-state index in [4.69, 9.17) is 13.9 Å². The number of ether oxygens (including phenoxy) is 2. The van der Waals surface area contributed by atoms with Crippen LogP contribution in [0.5, 0.6) is 5.75 Å². The highest BCUT2D eigenvalue weighted by Crippen LogP contribution is 2.25. The summed E-state index contributed by atoms with van der Waals surface area (Å²) in [5, 5.41) is 6.66. The summed E-state index contributed by atoms with van der Waals surface area (Å²) in [6.45, 7) is 2.81. The second-order valence-corrected chi connectivity index (χ2v) is 6.52. The topological polar surface area (TPSA) is 113 Å².